The molecular weight excluding hydrogens is 445 g/mol. The summed E-state index contributed by atoms with van der Waals surface area (Å²) in [4.78, 5) is 16.7. The second-order valence-electron chi connectivity index (χ2n) is 7.42. The van der Waals surface area contributed by atoms with Crippen LogP contribution in [0.2, 0.25) is 5.02 Å². The molecule has 7 nitrogen and oxygen atoms in total. The third kappa shape index (κ3) is 4.69. The van der Waals surface area contributed by atoms with E-state index in [-0.39, 0.29) is 40.3 Å². The molecule has 2 aliphatic heterocycles. The van der Waals surface area contributed by atoms with E-state index in [1.165, 1.54) is 28.6 Å². The first-order valence-electron chi connectivity index (χ1n) is 10.0. The summed E-state index contributed by atoms with van der Waals surface area (Å²) in [6.45, 7) is 3.31. The molecule has 2 saturated heterocycles. The van der Waals surface area contributed by atoms with Crippen molar-refractivity contribution in [1.29, 1.82) is 0 Å². The molecule has 1 amide bonds. The van der Waals surface area contributed by atoms with Crippen LogP contribution in [0, 0.1) is 5.82 Å². The number of halogens is 2. The van der Waals surface area contributed by atoms with Gasteiger partial charge in [0.2, 0.25) is 10.0 Å². The molecule has 2 aromatic rings. The largest absolute Gasteiger partial charge is 0.379 e. The standard InChI is InChI=1S/C21H23ClFN3O4S/c22-19-6-1-16(15-20(19)31(28,29)26-11-13-30-14-12-26)21(27)25-9-7-24(8-10-25)18-4-2-17(23)3-5-18/h1-6,15H,7-14H2. The van der Waals surface area contributed by atoms with Crippen LogP contribution in [0.25, 0.3) is 0 Å². The summed E-state index contributed by atoms with van der Waals surface area (Å²) in [5.41, 5.74) is 1.19. The number of sulfonamides is 1. The van der Waals surface area contributed by atoms with Crippen molar-refractivity contribution in [2.75, 3.05) is 57.4 Å². The van der Waals surface area contributed by atoms with Crippen LogP contribution in [-0.2, 0) is 14.8 Å². The highest BCUT2D eigenvalue weighted by Crippen LogP contribution is 2.27. The average Bonchev–Trinajstić information content (AvgIpc) is 2.80. The zero-order chi connectivity index (χ0) is 22.0. The lowest BCUT2D eigenvalue weighted by Crippen LogP contribution is -2.48. The van der Waals surface area contributed by atoms with Crippen molar-refractivity contribution in [3.63, 3.8) is 0 Å². The molecule has 0 bridgehead atoms. The van der Waals surface area contributed by atoms with E-state index in [0.717, 1.165) is 5.69 Å². The topological polar surface area (TPSA) is 70.2 Å². The van der Waals surface area contributed by atoms with Gasteiger partial charge in [0.05, 0.1) is 18.2 Å². The minimum absolute atomic E-state index is 0.0631. The number of hydrogen-bond acceptors (Lipinski definition) is 5. The van der Waals surface area contributed by atoms with E-state index in [9.17, 15) is 17.6 Å². The van der Waals surface area contributed by atoms with Crippen LogP contribution in [-0.4, -0.2) is 76.0 Å². The van der Waals surface area contributed by atoms with Gasteiger partial charge < -0.3 is 14.5 Å². The molecule has 0 saturated carbocycles. The van der Waals surface area contributed by atoms with Gasteiger partial charge in [-0.3, -0.25) is 4.79 Å². The Balaban J connectivity index is 1.48. The van der Waals surface area contributed by atoms with Gasteiger partial charge in [0.1, 0.15) is 10.7 Å². The number of piperazine rings is 1. The molecule has 0 aliphatic carbocycles. The van der Waals surface area contributed by atoms with Gasteiger partial charge in [0.15, 0.2) is 0 Å². The van der Waals surface area contributed by atoms with Crippen LogP contribution < -0.4 is 4.90 Å². The van der Waals surface area contributed by atoms with E-state index in [0.29, 0.717) is 39.4 Å². The zero-order valence-electron chi connectivity index (χ0n) is 16.8. The molecule has 0 atom stereocenters. The molecule has 166 valence electrons. The summed E-state index contributed by atoms with van der Waals surface area (Å²) >= 11 is 6.19. The first kappa shape index (κ1) is 22.0. The number of rotatable bonds is 4. The summed E-state index contributed by atoms with van der Waals surface area (Å²) in [5.74, 6) is -0.531. The molecule has 31 heavy (non-hydrogen) atoms. The molecule has 2 heterocycles. The number of hydrogen-bond donors (Lipinski definition) is 0. The predicted molar refractivity (Wildman–Crippen MR) is 116 cm³/mol. The van der Waals surface area contributed by atoms with Crippen molar-refractivity contribution in [3.05, 3.63) is 58.9 Å². The molecule has 2 fully saturated rings. The second-order valence-corrected chi connectivity index (χ2v) is 9.73. The maximum absolute atomic E-state index is 13.1. The molecule has 4 rings (SSSR count). The highest BCUT2D eigenvalue weighted by Gasteiger charge is 2.30. The van der Waals surface area contributed by atoms with Crippen molar-refractivity contribution >= 4 is 33.2 Å². The van der Waals surface area contributed by atoms with Gasteiger partial charge in [-0.2, -0.15) is 4.31 Å². The van der Waals surface area contributed by atoms with E-state index in [1.807, 2.05) is 0 Å². The first-order valence-corrected chi connectivity index (χ1v) is 11.9. The number of anilines is 1. The number of ether oxygens (including phenoxy) is 1. The third-order valence-corrected chi connectivity index (χ3v) is 7.90. The summed E-state index contributed by atoms with van der Waals surface area (Å²) in [7, 11) is -3.82. The second kappa shape index (κ2) is 9.12. The maximum Gasteiger partial charge on any atom is 0.254 e. The average molecular weight is 468 g/mol. The van der Waals surface area contributed by atoms with Gasteiger partial charge >= 0.3 is 0 Å². The van der Waals surface area contributed by atoms with Gasteiger partial charge in [0, 0.05) is 50.5 Å². The van der Waals surface area contributed by atoms with Crippen LogP contribution in [0.3, 0.4) is 0 Å². The molecule has 0 aromatic heterocycles. The quantitative estimate of drug-likeness (QED) is 0.691. The Hall–Kier alpha value is -2.20. The lowest BCUT2D eigenvalue weighted by Gasteiger charge is -2.36. The smallest absolute Gasteiger partial charge is 0.254 e. The first-order chi connectivity index (χ1) is 14.9. The van der Waals surface area contributed by atoms with Crippen molar-refractivity contribution in [2.45, 2.75) is 4.90 Å². The van der Waals surface area contributed by atoms with Crippen LogP contribution in [0.15, 0.2) is 47.4 Å². The monoisotopic (exact) mass is 467 g/mol. The summed E-state index contributed by atoms with van der Waals surface area (Å²) in [6.07, 6.45) is 0. The van der Waals surface area contributed by atoms with E-state index < -0.39 is 10.0 Å². The molecule has 0 radical (unpaired) electrons. The Morgan fingerprint density at radius 2 is 1.58 bits per heavy atom. The summed E-state index contributed by atoms with van der Waals surface area (Å²) in [6, 6.07) is 10.6. The third-order valence-electron chi connectivity index (χ3n) is 5.52. The molecule has 2 aromatic carbocycles. The normalized spacial score (nSPS) is 18.3. The Bertz CT molecular complexity index is 1050. The van der Waals surface area contributed by atoms with E-state index in [2.05, 4.69) is 4.90 Å². The fraction of sp³-hybridized carbons (Fsp3) is 0.381. The molecule has 0 N–H and O–H groups in total. The Kier molecular flexibility index (Phi) is 6.47. The van der Waals surface area contributed by atoms with Gasteiger partial charge in [-0.1, -0.05) is 11.6 Å². The minimum atomic E-state index is -3.82. The van der Waals surface area contributed by atoms with Crippen LogP contribution in [0.1, 0.15) is 10.4 Å². The van der Waals surface area contributed by atoms with Crippen LogP contribution in [0.5, 0.6) is 0 Å². The van der Waals surface area contributed by atoms with Crippen LogP contribution >= 0.6 is 11.6 Å². The lowest BCUT2D eigenvalue weighted by molar-refractivity contribution is 0.0729. The predicted octanol–water partition coefficient (Wildman–Crippen LogP) is 2.46. The molecule has 10 heteroatoms. The molecule has 0 spiro atoms. The number of benzene rings is 2. The number of morpholine rings is 1. The van der Waals surface area contributed by atoms with E-state index in [4.69, 9.17) is 16.3 Å². The van der Waals surface area contributed by atoms with E-state index in [1.54, 1.807) is 23.1 Å². The molecule has 2 aliphatic rings. The van der Waals surface area contributed by atoms with Gasteiger partial charge in [-0.15, -0.1) is 0 Å². The Morgan fingerprint density at radius 3 is 2.23 bits per heavy atom. The van der Waals surface area contributed by atoms with Gasteiger partial charge in [-0.05, 0) is 42.5 Å². The molecule has 0 unspecified atom stereocenters. The number of amides is 1. The maximum atomic E-state index is 13.1. The van der Waals surface area contributed by atoms with E-state index >= 15 is 0 Å². The molecular formula is C21H23ClFN3O4S. The highest BCUT2D eigenvalue weighted by atomic mass is 35.5. The van der Waals surface area contributed by atoms with Crippen LogP contribution in [0.4, 0.5) is 10.1 Å². The van der Waals surface area contributed by atoms with Crippen molar-refractivity contribution in [1.82, 2.24) is 9.21 Å². The highest BCUT2D eigenvalue weighted by molar-refractivity contribution is 7.89. The number of carbonyl (C=O) groups is 1. The SMILES string of the molecule is O=C(c1ccc(Cl)c(S(=O)(=O)N2CCOCC2)c1)N1CCN(c2ccc(F)cc2)CC1. The fourth-order valence-corrected chi connectivity index (χ4v) is 5.67. The summed E-state index contributed by atoms with van der Waals surface area (Å²) < 4.78 is 45.7. The zero-order valence-corrected chi connectivity index (χ0v) is 18.4. The number of nitrogens with zero attached hydrogens (tertiary/aromatic N) is 3. The Morgan fingerprint density at radius 1 is 0.935 bits per heavy atom. The van der Waals surface area contributed by atoms with Crippen molar-refractivity contribution in [2.24, 2.45) is 0 Å². The lowest BCUT2D eigenvalue weighted by atomic mass is 10.1. The van der Waals surface area contributed by atoms with Crippen molar-refractivity contribution in [3.8, 4) is 0 Å². The Labute approximate surface area is 186 Å². The minimum Gasteiger partial charge on any atom is -0.379 e. The fourth-order valence-electron chi connectivity index (χ4n) is 3.76. The van der Waals surface area contributed by atoms with Gasteiger partial charge in [0.25, 0.3) is 5.91 Å². The van der Waals surface area contributed by atoms with Gasteiger partial charge in [-0.25, -0.2) is 12.8 Å². The number of carbonyl (C=O) groups excluding carboxylic acids is 1. The summed E-state index contributed by atoms with van der Waals surface area (Å²) in [5, 5.41) is 0.0872. The van der Waals surface area contributed by atoms with Crippen molar-refractivity contribution < 1.29 is 22.3 Å².